The number of ketones is 1. The van der Waals surface area contributed by atoms with Crippen molar-refractivity contribution >= 4 is 5.78 Å². The molecule has 2 atom stereocenters. The highest BCUT2D eigenvalue weighted by Crippen LogP contribution is 2.24. The van der Waals surface area contributed by atoms with Crippen molar-refractivity contribution in [2.24, 2.45) is 5.92 Å². The van der Waals surface area contributed by atoms with Gasteiger partial charge in [-0.05, 0) is 33.1 Å². The van der Waals surface area contributed by atoms with Gasteiger partial charge in [0.05, 0.1) is 0 Å². The smallest absolute Gasteiger partial charge is 0.164 e. The Hall–Kier alpha value is -0.630. The van der Waals surface area contributed by atoms with Crippen LogP contribution in [-0.2, 0) is 4.79 Å². The van der Waals surface area contributed by atoms with E-state index < -0.39 is 6.10 Å². The Morgan fingerprint density at radius 3 is 2.83 bits per heavy atom. The summed E-state index contributed by atoms with van der Waals surface area (Å²) in [5.41, 5.74) is 1.37. The highest BCUT2D eigenvalue weighted by Gasteiger charge is 2.23. The van der Waals surface area contributed by atoms with E-state index in [9.17, 15) is 4.79 Å². The molecule has 0 heterocycles. The molecular weight excluding hydrogens is 152 g/mol. The van der Waals surface area contributed by atoms with Crippen molar-refractivity contribution in [3.05, 3.63) is 11.6 Å². The number of allylic oxidation sites excluding steroid dienone is 2. The van der Waals surface area contributed by atoms with Gasteiger partial charge < -0.3 is 5.11 Å². The second-order valence-electron chi connectivity index (χ2n) is 3.60. The van der Waals surface area contributed by atoms with Gasteiger partial charge in [-0.2, -0.15) is 0 Å². The molecule has 1 aliphatic rings. The molecule has 0 bridgehead atoms. The van der Waals surface area contributed by atoms with Crippen LogP contribution in [0.15, 0.2) is 11.6 Å². The molecule has 2 nitrogen and oxygen atoms in total. The Morgan fingerprint density at radius 2 is 2.42 bits per heavy atom. The van der Waals surface area contributed by atoms with E-state index in [4.69, 9.17) is 5.11 Å². The molecule has 1 rings (SSSR count). The molecular formula is C10H16O2. The van der Waals surface area contributed by atoms with Gasteiger partial charge in [0.2, 0.25) is 0 Å². The van der Waals surface area contributed by atoms with Crippen molar-refractivity contribution in [3.63, 3.8) is 0 Å². The molecule has 0 aromatic heterocycles. The summed E-state index contributed by atoms with van der Waals surface area (Å²) < 4.78 is 0. The highest BCUT2D eigenvalue weighted by atomic mass is 16.3. The van der Waals surface area contributed by atoms with Crippen molar-refractivity contribution in [2.45, 2.75) is 39.2 Å². The van der Waals surface area contributed by atoms with E-state index >= 15 is 0 Å². The van der Waals surface area contributed by atoms with E-state index in [1.807, 2.05) is 0 Å². The molecule has 1 N–H and O–H groups in total. The topological polar surface area (TPSA) is 37.3 Å². The molecule has 1 aliphatic carbocycles. The van der Waals surface area contributed by atoms with E-state index in [0.29, 0.717) is 0 Å². The molecule has 0 radical (unpaired) electrons. The molecule has 0 aromatic carbocycles. The normalized spacial score (nSPS) is 26.2. The lowest BCUT2D eigenvalue weighted by Crippen LogP contribution is -2.26. The third-order valence-electron chi connectivity index (χ3n) is 2.45. The second-order valence-corrected chi connectivity index (χ2v) is 3.60. The molecule has 0 aliphatic heterocycles. The van der Waals surface area contributed by atoms with Gasteiger partial charge in [-0.15, -0.1) is 0 Å². The van der Waals surface area contributed by atoms with Crippen molar-refractivity contribution in [2.75, 3.05) is 0 Å². The van der Waals surface area contributed by atoms with Gasteiger partial charge in [0.25, 0.3) is 0 Å². The Balaban J connectivity index is 2.51. The van der Waals surface area contributed by atoms with Crippen LogP contribution in [0.4, 0.5) is 0 Å². The maximum atomic E-state index is 11.3. The van der Waals surface area contributed by atoms with Crippen LogP contribution in [0.1, 0.15) is 33.1 Å². The first-order chi connectivity index (χ1) is 5.61. The number of aliphatic hydroxyl groups is 1. The lowest BCUT2D eigenvalue weighted by atomic mass is 9.86. The van der Waals surface area contributed by atoms with Crippen LogP contribution >= 0.6 is 0 Å². The number of carbonyl (C=O) groups excluding carboxylic acids is 1. The van der Waals surface area contributed by atoms with Crippen LogP contribution in [0.3, 0.4) is 0 Å². The van der Waals surface area contributed by atoms with Crippen molar-refractivity contribution in [1.29, 1.82) is 0 Å². The van der Waals surface area contributed by atoms with E-state index in [-0.39, 0.29) is 11.7 Å². The van der Waals surface area contributed by atoms with Crippen molar-refractivity contribution in [3.8, 4) is 0 Å². The number of hydrogen-bond acceptors (Lipinski definition) is 2. The van der Waals surface area contributed by atoms with E-state index in [1.54, 1.807) is 6.92 Å². The number of carbonyl (C=O) groups is 1. The molecule has 0 aromatic rings. The first-order valence-electron chi connectivity index (χ1n) is 4.48. The summed E-state index contributed by atoms with van der Waals surface area (Å²) in [4.78, 5) is 11.3. The summed E-state index contributed by atoms with van der Waals surface area (Å²) in [5.74, 6) is 0.0625. The predicted octanol–water partition coefficient (Wildman–Crippen LogP) is 1.68. The van der Waals surface area contributed by atoms with Gasteiger partial charge in [0, 0.05) is 5.92 Å². The minimum Gasteiger partial charge on any atom is -0.386 e. The number of hydrogen-bond donors (Lipinski definition) is 1. The summed E-state index contributed by atoms with van der Waals surface area (Å²) in [6, 6.07) is 0. The third kappa shape index (κ3) is 2.18. The maximum absolute atomic E-state index is 11.3. The fourth-order valence-electron chi connectivity index (χ4n) is 1.56. The standard InChI is InChI=1S/C10H16O2/c1-7-3-5-9(6-4-7)10(12)8(2)11/h3,8-9,11H,4-6H2,1-2H3. The summed E-state index contributed by atoms with van der Waals surface area (Å²) in [6.07, 6.45) is 4.04. The predicted molar refractivity (Wildman–Crippen MR) is 47.8 cm³/mol. The zero-order valence-electron chi connectivity index (χ0n) is 7.71. The lowest BCUT2D eigenvalue weighted by molar-refractivity contribution is -0.130. The molecule has 0 amide bonds. The minimum atomic E-state index is -0.790. The molecule has 0 fully saturated rings. The average molecular weight is 168 g/mol. The first-order valence-corrected chi connectivity index (χ1v) is 4.48. The Morgan fingerprint density at radius 1 is 1.75 bits per heavy atom. The van der Waals surface area contributed by atoms with Gasteiger partial charge >= 0.3 is 0 Å². The van der Waals surface area contributed by atoms with Crippen LogP contribution < -0.4 is 0 Å². The van der Waals surface area contributed by atoms with E-state index in [1.165, 1.54) is 5.57 Å². The van der Waals surface area contributed by atoms with Crippen molar-refractivity contribution in [1.82, 2.24) is 0 Å². The highest BCUT2D eigenvalue weighted by molar-refractivity contribution is 5.85. The van der Waals surface area contributed by atoms with Crippen LogP contribution in [0.25, 0.3) is 0 Å². The first kappa shape index (κ1) is 9.46. The van der Waals surface area contributed by atoms with Crippen LogP contribution in [0, 0.1) is 5.92 Å². The number of rotatable bonds is 2. The Kier molecular flexibility index (Phi) is 3.04. The van der Waals surface area contributed by atoms with Gasteiger partial charge in [-0.25, -0.2) is 0 Å². The SMILES string of the molecule is CC1=CCC(C(=O)C(C)O)CC1. The Bertz CT molecular complexity index is 204. The van der Waals surface area contributed by atoms with E-state index in [2.05, 4.69) is 13.0 Å². The summed E-state index contributed by atoms with van der Waals surface area (Å²) >= 11 is 0. The maximum Gasteiger partial charge on any atom is 0.164 e. The molecule has 0 saturated carbocycles. The molecule has 12 heavy (non-hydrogen) atoms. The minimum absolute atomic E-state index is 0.00116. The quantitative estimate of drug-likeness (QED) is 0.637. The van der Waals surface area contributed by atoms with E-state index in [0.717, 1.165) is 19.3 Å². The number of Topliss-reactive ketones (excluding diaryl/α,β-unsaturated/α-hetero) is 1. The number of aliphatic hydroxyl groups excluding tert-OH is 1. The molecule has 2 heteroatoms. The fourth-order valence-corrected chi connectivity index (χ4v) is 1.56. The summed E-state index contributed by atoms with van der Waals surface area (Å²) in [6.45, 7) is 3.64. The van der Waals surface area contributed by atoms with Gasteiger partial charge in [0.15, 0.2) is 5.78 Å². The van der Waals surface area contributed by atoms with Crippen LogP contribution in [-0.4, -0.2) is 17.0 Å². The zero-order valence-corrected chi connectivity index (χ0v) is 7.71. The summed E-state index contributed by atoms with van der Waals surface area (Å²) in [7, 11) is 0. The fraction of sp³-hybridized carbons (Fsp3) is 0.700. The average Bonchev–Trinajstić information content (AvgIpc) is 2.04. The molecule has 68 valence electrons. The summed E-state index contributed by atoms with van der Waals surface area (Å²) in [5, 5.41) is 9.07. The second kappa shape index (κ2) is 3.85. The Labute approximate surface area is 73.3 Å². The van der Waals surface area contributed by atoms with Gasteiger partial charge in [-0.1, -0.05) is 11.6 Å². The van der Waals surface area contributed by atoms with Gasteiger partial charge in [0.1, 0.15) is 6.10 Å². The van der Waals surface area contributed by atoms with Crippen LogP contribution in [0.5, 0.6) is 0 Å². The molecule has 2 unspecified atom stereocenters. The van der Waals surface area contributed by atoms with Crippen LogP contribution in [0.2, 0.25) is 0 Å². The van der Waals surface area contributed by atoms with Gasteiger partial charge in [-0.3, -0.25) is 4.79 Å². The third-order valence-corrected chi connectivity index (χ3v) is 2.45. The molecule has 0 saturated heterocycles. The van der Waals surface area contributed by atoms with Crippen molar-refractivity contribution < 1.29 is 9.90 Å². The largest absolute Gasteiger partial charge is 0.386 e. The monoisotopic (exact) mass is 168 g/mol. The lowest BCUT2D eigenvalue weighted by Gasteiger charge is -2.20. The zero-order chi connectivity index (χ0) is 9.14. The molecule has 0 spiro atoms.